The molecule has 0 aliphatic heterocycles. The molecule has 0 aliphatic rings. The molecule has 2 rings (SSSR count). The van der Waals surface area contributed by atoms with Crippen LogP contribution < -0.4 is 20.7 Å². The smallest absolute Gasteiger partial charge is 0.497 e. The number of carbonyl (C=O) groups excluding carboxylic acids is 1. The van der Waals surface area contributed by atoms with Gasteiger partial charge in [-0.25, -0.2) is 9.59 Å². The Balaban J connectivity index is 1.96. The van der Waals surface area contributed by atoms with Gasteiger partial charge in [0, 0.05) is 0 Å². The molecule has 0 saturated carbocycles. The summed E-state index contributed by atoms with van der Waals surface area (Å²) < 4.78 is 28.1. The molecule has 9 heteroatoms. The van der Waals surface area contributed by atoms with Crippen LogP contribution in [0.5, 0.6) is 11.5 Å². The summed E-state index contributed by atoms with van der Waals surface area (Å²) in [4.78, 5) is 35.3. The van der Waals surface area contributed by atoms with Crippen molar-refractivity contribution >= 4 is 6.16 Å². The highest BCUT2D eigenvalue weighted by Gasteiger charge is 2.09. The normalized spacial score (nSPS) is 10.1. The Morgan fingerprint density at radius 3 is 2.50 bits per heavy atom. The number of methoxy groups -OCH3 is 1. The lowest BCUT2D eigenvalue weighted by Gasteiger charge is -2.07. The van der Waals surface area contributed by atoms with Crippen LogP contribution in [0.15, 0.2) is 40.1 Å². The molecule has 0 atom stereocenters. The molecular formula is C13H11FN2O6. The molecule has 8 nitrogen and oxygen atoms in total. The summed E-state index contributed by atoms with van der Waals surface area (Å²) in [5.41, 5.74) is -2.06. The number of nitrogens with one attached hydrogen (secondary N) is 1. The van der Waals surface area contributed by atoms with E-state index in [1.54, 1.807) is 17.1 Å². The Labute approximate surface area is 122 Å². The molecule has 0 bridgehead atoms. The van der Waals surface area contributed by atoms with Gasteiger partial charge in [0.15, 0.2) is 6.73 Å². The second kappa shape index (κ2) is 6.57. The molecule has 1 heterocycles. The second-order valence-corrected chi connectivity index (χ2v) is 4.01. The lowest BCUT2D eigenvalue weighted by molar-refractivity contribution is 0.0694. The summed E-state index contributed by atoms with van der Waals surface area (Å²) in [5, 5.41) is 0. The number of ether oxygens (including phenoxy) is 3. The van der Waals surface area contributed by atoms with Crippen molar-refractivity contribution in [2.75, 3.05) is 7.11 Å². The largest absolute Gasteiger partial charge is 0.515 e. The van der Waals surface area contributed by atoms with Gasteiger partial charge in [0.05, 0.1) is 13.3 Å². The zero-order valence-corrected chi connectivity index (χ0v) is 11.4. The highest BCUT2D eigenvalue weighted by molar-refractivity contribution is 5.63. The number of carbonyl (C=O) groups is 1. The molecule has 0 aliphatic carbocycles. The predicted octanol–water partition coefficient (Wildman–Crippen LogP) is 0.857. The molecule has 116 valence electrons. The van der Waals surface area contributed by atoms with Gasteiger partial charge in [0.1, 0.15) is 11.5 Å². The first-order chi connectivity index (χ1) is 10.5. The summed E-state index contributed by atoms with van der Waals surface area (Å²) in [5.74, 6) is -0.395. The van der Waals surface area contributed by atoms with Crippen molar-refractivity contribution < 1.29 is 23.4 Å². The number of hydrogen-bond donors (Lipinski definition) is 1. The lowest BCUT2D eigenvalue weighted by Crippen LogP contribution is -2.32. The van der Waals surface area contributed by atoms with Crippen LogP contribution >= 0.6 is 0 Å². The van der Waals surface area contributed by atoms with Crippen molar-refractivity contribution in [1.29, 1.82) is 0 Å². The number of halogens is 1. The monoisotopic (exact) mass is 310 g/mol. The van der Waals surface area contributed by atoms with Gasteiger partial charge in [-0.15, -0.1) is 0 Å². The minimum absolute atomic E-state index is 0.200. The van der Waals surface area contributed by atoms with Gasteiger partial charge in [0.25, 0.3) is 5.56 Å². The summed E-state index contributed by atoms with van der Waals surface area (Å²) in [6.07, 6.45) is -0.467. The van der Waals surface area contributed by atoms with Crippen LogP contribution in [0.2, 0.25) is 0 Å². The minimum atomic E-state index is -1.17. The first-order valence-corrected chi connectivity index (χ1v) is 5.97. The fourth-order valence-corrected chi connectivity index (χ4v) is 1.47. The van der Waals surface area contributed by atoms with Crippen LogP contribution in [-0.2, 0) is 11.5 Å². The van der Waals surface area contributed by atoms with Crippen LogP contribution in [0.4, 0.5) is 9.18 Å². The molecule has 0 amide bonds. The molecule has 1 aromatic carbocycles. The molecule has 1 N–H and O–H groups in total. The number of benzene rings is 1. The topological polar surface area (TPSA) is 99.6 Å². The SMILES string of the molecule is COc1ccc(OC(=O)OCn2cc(F)c(=O)[nH]c2=O)cc1. The third-order valence-corrected chi connectivity index (χ3v) is 2.55. The maximum absolute atomic E-state index is 13.0. The highest BCUT2D eigenvalue weighted by Crippen LogP contribution is 2.17. The van der Waals surface area contributed by atoms with Gasteiger partial charge < -0.3 is 14.2 Å². The van der Waals surface area contributed by atoms with Crippen molar-refractivity contribution in [3.05, 3.63) is 57.1 Å². The van der Waals surface area contributed by atoms with E-state index < -0.39 is 30.0 Å². The first kappa shape index (κ1) is 15.3. The van der Waals surface area contributed by atoms with E-state index in [-0.39, 0.29) is 5.75 Å². The number of aromatic amines is 1. The third kappa shape index (κ3) is 3.72. The number of aromatic nitrogens is 2. The van der Waals surface area contributed by atoms with E-state index in [4.69, 9.17) is 9.47 Å². The number of nitrogens with zero attached hydrogens (tertiary/aromatic N) is 1. The molecule has 0 radical (unpaired) electrons. The van der Waals surface area contributed by atoms with Crippen molar-refractivity contribution in [3.63, 3.8) is 0 Å². The Kier molecular flexibility index (Phi) is 4.57. The minimum Gasteiger partial charge on any atom is -0.497 e. The van der Waals surface area contributed by atoms with Gasteiger partial charge in [0.2, 0.25) is 5.82 Å². The Morgan fingerprint density at radius 2 is 1.86 bits per heavy atom. The second-order valence-electron chi connectivity index (χ2n) is 4.01. The van der Waals surface area contributed by atoms with E-state index in [2.05, 4.69) is 4.74 Å². The summed E-state index contributed by atoms with van der Waals surface area (Å²) in [6, 6.07) is 6.10. The number of rotatable bonds is 4. The van der Waals surface area contributed by atoms with Gasteiger partial charge in [-0.2, -0.15) is 4.39 Å². The number of hydrogen-bond acceptors (Lipinski definition) is 6. The Hall–Kier alpha value is -3.10. The zero-order chi connectivity index (χ0) is 16.1. The van der Waals surface area contributed by atoms with Crippen LogP contribution in [0.1, 0.15) is 0 Å². The van der Waals surface area contributed by atoms with Crippen molar-refractivity contribution in [3.8, 4) is 11.5 Å². The fourth-order valence-electron chi connectivity index (χ4n) is 1.47. The first-order valence-electron chi connectivity index (χ1n) is 5.97. The molecule has 2 aromatic rings. The van der Waals surface area contributed by atoms with E-state index in [1.807, 2.05) is 0 Å². The third-order valence-electron chi connectivity index (χ3n) is 2.55. The maximum atomic E-state index is 13.0. The summed E-state index contributed by atoms with van der Waals surface area (Å²) in [7, 11) is 1.49. The summed E-state index contributed by atoms with van der Waals surface area (Å²) >= 11 is 0. The Bertz CT molecular complexity index is 780. The number of H-pyrrole nitrogens is 1. The molecule has 1 aromatic heterocycles. The average Bonchev–Trinajstić information content (AvgIpc) is 2.50. The predicted molar refractivity (Wildman–Crippen MR) is 71.4 cm³/mol. The van der Waals surface area contributed by atoms with Gasteiger partial charge in [-0.1, -0.05) is 0 Å². The van der Waals surface area contributed by atoms with Crippen molar-refractivity contribution in [2.45, 2.75) is 6.73 Å². The molecule has 22 heavy (non-hydrogen) atoms. The van der Waals surface area contributed by atoms with E-state index in [0.29, 0.717) is 16.5 Å². The highest BCUT2D eigenvalue weighted by atomic mass is 19.1. The Morgan fingerprint density at radius 1 is 1.23 bits per heavy atom. The lowest BCUT2D eigenvalue weighted by atomic mass is 10.3. The van der Waals surface area contributed by atoms with E-state index in [1.165, 1.54) is 19.2 Å². The summed E-state index contributed by atoms with van der Waals surface area (Å²) in [6.45, 7) is -0.610. The molecule has 0 saturated heterocycles. The van der Waals surface area contributed by atoms with E-state index >= 15 is 0 Å². The fraction of sp³-hybridized carbons (Fsp3) is 0.154. The van der Waals surface area contributed by atoms with Gasteiger partial charge in [-0.3, -0.25) is 14.3 Å². The van der Waals surface area contributed by atoms with Crippen LogP contribution in [0.3, 0.4) is 0 Å². The standard InChI is InChI=1S/C13H11FN2O6/c1-20-8-2-4-9(5-3-8)22-13(19)21-7-16-6-10(14)11(17)15-12(16)18/h2-6H,7H2,1H3,(H,15,17,18). The molecule has 0 unspecified atom stereocenters. The molecule has 0 fully saturated rings. The van der Waals surface area contributed by atoms with Crippen LogP contribution in [0, 0.1) is 5.82 Å². The maximum Gasteiger partial charge on any atom is 0.515 e. The van der Waals surface area contributed by atoms with E-state index in [0.717, 1.165) is 0 Å². The van der Waals surface area contributed by atoms with Gasteiger partial charge >= 0.3 is 11.8 Å². The molecule has 0 spiro atoms. The zero-order valence-electron chi connectivity index (χ0n) is 11.4. The van der Waals surface area contributed by atoms with Crippen LogP contribution in [-0.4, -0.2) is 22.8 Å². The van der Waals surface area contributed by atoms with Crippen molar-refractivity contribution in [2.24, 2.45) is 0 Å². The van der Waals surface area contributed by atoms with Crippen LogP contribution in [0.25, 0.3) is 0 Å². The average molecular weight is 310 g/mol. The van der Waals surface area contributed by atoms with Gasteiger partial charge in [-0.05, 0) is 24.3 Å². The van der Waals surface area contributed by atoms with Crippen molar-refractivity contribution in [1.82, 2.24) is 9.55 Å². The molecular weight excluding hydrogens is 299 g/mol. The quantitative estimate of drug-likeness (QED) is 0.664. The van der Waals surface area contributed by atoms with E-state index in [9.17, 15) is 18.8 Å².